The zero-order valence-electron chi connectivity index (χ0n) is 17.7. The number of esters is 1. The molecule has 0 aromatic rings. The number of aliphatic hydroxyl groups is 1. The van der Waals surface area contributed by atoms with Crippen molar-refractivity contribution in [1.29, 1.82) is 0 Å². The van der Waals surface area contributed by atoms with Crippen LogP contribution in [0.15, 0.2) is 35.5 Å². The van der Waals surface area contributed by atoms with E-state index in [9.17, 15) is 19.5 Å². The first-order chi connectivity index (χ1) is 14.1. The minimum atomic E-state index is -1.90. The van der Waals surface area contributed by atoms with Gasteiger partial charge in [0.2, 0.25) is 0 Å². The third kappa shape index (κ3) is 2.72. The molecule has 4 aliphatic carbocycles. The number of hydrogen-bond donors (Lipinski definition) is 1. The van der Waals surface area contributed by atoms with E-state index in [2.05, 4.69) is 0 Å². The number of carbonyl (C=O) groups excluding carboxylic acids is 3. The van der Waals surface area contributed by atoms with Crippen LogP contribution in [0.3, 0.4) is 0 Å². The topological polar surface area (TPSA) is 80.7 Å². The number of Topliss-reactive ketones (excluding diaryl/α,β-unsaturated/α-hetero) is 1. The van der Waals surface area contributed by atoms with E-state index >= 15 is 4.39 Å². The summed E-state index contributed by atoms with van der Waals surface area (Å²) < 4.78 is 21.9. The largest absolute Gasteiger partial charge is 0.457 e. The van der Waals surface area contributed by atoms with Crippen molar-refractivity contribution in [2.45, 2.75) is 64.6 Å². The van der Waals surface area contributed by atoms with Crippen molar-refractivity contribution in [3.05, 3.63) is 35.5 Å². The molecular weight excluding hydrogens is 387 g/mol. The molecule has 0 aromatic heterocycles. The number of fused-ring (bicyclic) bond motifs is 5. The minimum Gasteiger partial charge on any atom is -0.457 e. The van der Waals surface area contributed by atoms with E-state index in [1.54, 1.807) is 19.9 Å². The SMILES string of the molecule is CCC(=O)OCC(=O)C1=CC[C@@H]2[C@H]3CCC4=CC(=O)C=C[C@]4(C)[C@@]3(F)[C@@H](O)C[C@]12C. The van der Waals surface area contributed by atoms with E-state index in [-0.39, 0.29) is 36.9 Å². The Morgan fingerprint density at radius 3 is 2.73 bits per heavy atom. The van der Waals surface area contributed by atoms with Gasteiger partial charge in [0.1, 0.15) is 0 Å². The Hall–Kier alpha value is -2.08. The number of rotatable bonds is 4. The molecule has 30 heavy (non-hydrogen) atoms. The van der Waals surface area contributed by atoms with Crippen molar-refractivity contribution in [3.63, 3.8) is 0 Å². The van der Waals surface area contributed by atoms with Gasteiger partial charge in [-0.3, -0.25) is 14.4 Å². The molecule has 0 amide bonds. The number of alkyl halides is 1. The van der Waals surface area contributed by atoms with E-state index in [1.807, 2.05) is 13.0 Å². The highest BCUT2D eigenvalue weighted by atomic mass is 19.1. The van der Waals surface area contributed by atoms with Crippen molar-refractivity contribution in [2.75, 3.05) is 6.61 Å². The molecule has 4 aliphatic rings. The van der Waals surface area contributed by atoms with Gasteiger partial charge < -0.3 is 9.84 Å². The van der Waals surface area contributed by atoms with Crippen LogP contribution in [0.25, 0.3) is 0 Å². The van der Waals surface area contributed by atoms with E-state index < -0.39 is 34.5 Å². The molecular formula is C24H29FO5. The predicted octanol–water partition coefficient (Wildman–Crippen LogP) is 3.42. The van der Waals surface area contributed by atoms with Gasteiger partial charge >= 0.3 is 5.97 Å². The van der Waals surface area contributed by atoms with Gasteiger partial charge in [0, 0.05) is 28.7 Å². The van der Waals surface area contributed by atoms with Gasteiger partial charge in [0.15, 0.2) is 23.8 Å². The fourth-order valence-corrected chi connectivity index (χ4v) is 6.54. The number of ether oxygens (including phenoxy) is 1. The van der Waals surface area contributed by atoms with Crippen molar-refractivity contribution >= 4 is 17.5 Å². The quantitative estimate of drug-likeness (QED) is 0.711. The van der Waals surface area contributed by atoms with Crippen LogP contribution in [0.2, 0.25) is 0 Å². The van der Waals surface area contributed by atoms with Crippen molar-refractivity contribution in [3.8, 4) is 0 Å². The summed E-state index contributed by atoms with van der Waals surface area (Å²) in [7, 11) is 0. The molecule has 0 aliphatic heterocycles. The average Bonchev–Trinajstić information content (AvgIpc) is 3.04. The average molecular weight is 416 g/mol. The molecule has 0 bridgehead atoms. The van der Waals surface area contributed by atoms with Gasteiger partial charge in [0.25, 0.3) is 0 Å². The summed E-state index contributed by atoms with van der Waals surface area (Å²) in [6.07, 6.45) is 7.11. The van der Waals surface area contributed by atoms with Crippen LogP contribution < -0.4 is 0 Å². The zero-order chi connectivity index (χ0) is 21.9. The standard InChI is InChI=1S/C24H29FO5/c1-4-21(29)30-13-19(27)18-8-7-16-17-6-5-14-11-15(26)9-10-23(14,3)24(17,25)20(28)12-22(16,18)2/h8-11,16-17,20,28H,4-7,12-13H2,1-3H3/t16-,17-,20+,22+,23+,24+/m1/s1. The van der Waals surface area contributed by atoms with Crippen LogP contribution >= 0.6 is 0 Å². The highest BCUT2D eigenvalue weighted by molar-refractivity contribution is 6.01. The van der Waals surface area contributed by atoms with Crippen molar-refractivity contribution in [1.82, 2.24) is 0 Å². The second-order valence-electron chi connectivity index (χ2n) is 9.56. The minimum absolute atomic E-state index is 0.120. The Bertz CT molecular complexity index is 901. The lowest BCUT2D eigenvalue weighted by Crippen LogP contribution is -2.66. The van der Waals surface area contributed by atoms with Crippen LogP contribution in [-0.4, -0.2) is 41.0 Å². The van der Waals surface area contributed by atoms with E-state index in [1.165, 1.54) is 12.2 Å². The molecule has 0 heterocycles. The Morgan fingerprint density at radius 1 is 1.30 bits per heavy atom. The zero-order valence-corrected chi connectivity index (χ0v) is 17.7. The monoisotopic (exact) mass is 416 g/mol. The van der Waals surface area contributed by atoms with Gasteiger partial charge in [0.05, 0.1) is 6.10 Å². The number of ketones is 2. The molecule has 0 radical (unpaired) electrons. The lowest BCUT2D eigenvalue weighted by Gasteiger charge is -2.61. The van der Waals surface area contributed by atoms with E-state index in [0.29, 0.717) is 24.8 Å². The first kappa shape index (κ1) is 21.2. The summed E-state index contributed by atoms with van der Waals surface area (Å²) >= 11 is 0. The van der Waals surface area contributed by atoms with E-state index in [4.69, 9.17) is 4.74 Å². The lowest BCUT2D eigenvalue weighted by atomic mass is 9.45. The molecule has 5 nitrogen and oxygen atoms in total. The maximum atomic E-state index is 16.9. The summed E-state index contributed by atoms with van der Waals surface area (Å²) in [6.45, 7) is 5.04. The predicted molar refractivity (Wildman–Crippen MR) is 108 cm³/mol. The summed E-state index contributed by atoms with van der Waals surface area (Å²) in [5.74, 6) is -1.42. The molecule has 162 valence electrons. The summed E-state index contributed by atoms with van der Waals surface area (Å²) in [5, 5.41) is 11.2. The number of hydrogen-bond acceptors (Lipinski definition) is 5. The van der Waals surface area contributed by atoms with Gasteiger partial charge in [-0.15, -0.1) is 0 Å². The summed E-state index contributed by atoms with van der Waals surface area (Å²) in [4.78, 5) is 36.1. The van der Waals surface area contributed by atoms with Crippen LogP contribution in [0.4, 0.5) is 4.39 Å². The number of aliphatic hydroxyl groups excluding tert-OH is 1. The summed E-state index contributed by atoms with van der Waals surface area (Å²) in [6, 6.07) is 0. The van der Waals surface area contributed by atoms with Gasteiger partial charge in [-0.05, 0) is 50.7 Å². The fraction of sp³-hybridized carbons (Fsp3) is 0.625. The van der Waals surface area contributed by atoms with Gasteiger partial charge in [-0.25, -0.2) is 4.39 Å². The van der Waals surface area contributed by atoms with Crippen molar-refractivity contribution in [2.24, 2.45) is 22.7 Å². The second-order valence-corrected chi connectivity index (χ2v) is 9.56. The van der Waals surface area contributed by atoms with Crippen LogP contribution in [0, 0.1) is 22.7 Å². The normalized spacial score (nSPS) is 41.9. The highest BCUT2D eigenvalue weighted by Gasteiger charge is 2.69. The first-order valence-corrected chi connectivity index (χ1v) is 10.8. The maximum absolute atomic E-state index is 16.9. The Morgan fingerprint density at radius 2 is 2.03 bits per heavy atom. The molecule has 2 fully saturated rings. The van der Waals surface area contributed by atoms with Crippen molar-refractivity contribution < 1.29 is 28.6 Å². The Kier molecular flexibility index (Phi) is 4.92. The number of carbonyl (C=O) groups is 3. The Balaban J connectivity index is 1.65. The molecule has 0 aromatic carbocycles. The molecule has 1 N–H and O–H groups in total. The molecule has 0 saturated heterocycles. The summed E-state index contributed by atoms with van der Waals surface area (Å²) in [5.41, 5.74) is -2.32. The van der Waals surface area contributed by atoms with Crippen LogP contribution in [0.1, 0.15) is 52.9 Å². The fourth-order valence-electron chi connectivity index (χ4n) is 6.54. The molecule has 6 heteroatoms. The third-order valence-electron chi connectivity index (χ3n) is 8.18. The first-order valence-electron chi connectivity index (χ1n) is 10.8. The van der Waals surface area contributed by atoms with Gasteiger partial charge in [-0.1, -0.05) is 31.6 Å². The van der Waals surface area contributed by atoms with Crippen LogP contribution in [-0.2, 0) is 19.1 Å². The van der Waals surface area contributed by atoms with Gasteiger partial charge in [-0.2, -0.15) is 0 Å². The van der Waals surface area contributed by atoms with E-state index in [0.717, 1.165) is 5.57 Å². The Labute approximate surface area is 176 Å². The number of halogens is 1. The van der Waals surface area contributed by atoms with Crippen LogP contribution in [0.5, 0.6) is 0 Å². The molecule has 0 spiro atoms. The smallest absolute Gasteiger partial charge is 0.305 e. The molecule has 4 rings (SSSR count). The lowest BCUT2D eigenvalue weighted by molar-refractivity contribution is -0.185. The highest BCUT2D eigenvalue weighted by Crippen LogP contribution is 2.67. The molecule has 2 saturated carbocycles. The number of allylic oxidation sites excluding steroid dienone is 5. The third-order valence-corrected chi connectivity index (χ3v) is 8.18. The molecule has 6 atom stereocenters. The second kappa shape index (κ2) is 6.98. The molecule has 0 unspecified atom stereocenters. The maximum Gasteiger partial charge on any atom is 0.305 e.